The molecule has 0 heterocycles. The third-order valence-electron chi connectivity index (χ3n) is 2.12. The van der Waals surface area contributed by atoms with Crippen molar-refractivity contribution in [2.24, 2.45) is 5.92 Å². The largest absolute Gasteiger partial charge is 0.481 e. The van der Waals surface area contributed by atoms with Gasteiger partial charge in [-0.25, -0.2) is 0 Å². The molecular weight excluding hydrogens is 154 g/mol. The number of carboxylic acid groups (broad SMARTS) is 1. The zero-order valence-corrected chi connectivity index (χ0v) is 7.92. The van der Waals surface area contributed by atoms with Crippen LogP contribution in [0.3, 0.4) is 0 Å². The highest BCUT2D eigenvalue weighted by Gasteiger charge is 2.35. The average Bonchev–Trinajstić information content (AvgIpc) is 1.74. The minimum atomic E-state index is -0.651. The van der Waals surface area contributed by atoms with E-state index >= 15 is 0 Å². The summed E-state index contributed by atoms with van der Waals surface area (Å²) in [5.41, 5.74) is 0.105. The summed E-state index contributed by atoms with van der Waals surface area (Å²) in [7, 11) is 0. The lowest BCUT2D eigenvalue weighted by Crippen LogP contribution is -2.51. The van der Waals surface area contributed by atoms with Crippen LogP contribution < -0.4 is 5.32 Å². The van der Waals surface area contributed by atoms with E-state index in [1.54, 1.807) is 0 Å². The van der Waals surface area contributed by atoms with E-state index in [4.69, 9.17) is 5.11 Å². The van der Waals surface area contributed by atoms with E-state index in [1.165, 1.54) is 0 Å². The fourth-order valence-corrected chi connectivity index (χ4v) is 1.55. The van der Waals surface area contributed by atoms with Crippen molar-refractivity contribution < 1.29 is 9.90 Å². The summed E-state index contributed by atoms with van der Waals surface area (Å²) >= 11 is 0. The van der Waals surface area contributed by atoms with Crippen LogP contribution in [0.2, 0.25) is 0 Å². The molecule has 1 saturated carbocycles. The fourth-order valence-electron chi connectivity index (χ4n) is 1.55. The molecule has 0 radical (unpaired) electrons. The second-order valence-corrected chi connectivity index (χ2v) is 4.60. The van der Waals surface area contributed by atoms with Gasteiger partial charge < -0.3 is 10.4 Å². The second kappa shape index (κ2) is 3.05. The summed E-state index contributed by atoms with van der Waals surface area (Å²) in [4.78, 5) is 10.5. The molecule has 0 amide bonds. The number of carbonyl (C=O) groups is 1. The maximum absolute atomic E-state index is 10.5. The van der Waals surface area contributed by atoms with E-state index < -0.39 is 5.97 Å². The molecule has 3 nitrogen and oxygen atoms in total. The van der Waals surface area contributed by atoms with Gasteiger partial charge in [-0.3, -0.25) is 4.79 Å². The van der Waals surface area contributed by atoms with Crippen molar-refractivity contribution in [3.63, 3.8) is 0 Å². The maximum atomic E-state index is 10.5. The van der Waals surface area contributed by atoms with Crippen molar-refractivity contribution in [1.82, 2.24) is 5.32 Å². The lowest BCUT2D eigenvalue weighted by molar-refractivity contribution is -0.145. The van der Waals surface area contributed by atoms with Gasteiger partial charge in [-0.1, -0.05) is 0 Å². The lowest BCUT2D eigenvalue weighted by atomic mass is 9.79. The molecule has 0 spiro atoms. The van der Waals surface area contributed by atoms with Crippen LogP contribution in [-0.4, -0.2) is 22.7 Å². The summed E-state index contributed by atoms with van der Waals surface area (Å²) in [6, 6.07) is 0.408. The van der Waals surface area contributed by atoms with Crippen LogP contribution >= 0.6 is 0 Å². The van der Waals surface area contributed by atoms with Gasteiger partial charge >= 0.3 is 5.97 Å². The Kier molecular flexibility index (Phi) is 2.42. The minimum Gasteiger partial charge on any atom is -0.481 e. The molecule has 1 rings (SSSR count). The Bertz CT molecular complexity index is 177. The first-order valence-electron chi connectivity index (χ1n) is 4.39. The molecule has 12 heavy (non-hydrogen) atoms. The standard InChI is InChI=1S/C9H17NO2/c1-9(2,3)10-7-4-6(5-7)8(11)12/h6-7,10H,4-5H2,1-3H3,(H,11,12). The molecule has 0 atom stereocenters. The summed E-state index contributed by atoms with van der Waals surface area (Å²) in [5.74, 6) is -0.758. The van der Waals surface area contributed by atoms with E-state index in [2.05, 4.69) is 26.1 Å². The van der Waals surface area contributed by atoms with E-state index in [0.717, 1.165) is 12.8 Å². The number of aliphatic carboxylic acids is 1. The molecule has 0 aromatic heterocycles. The van der Waals surface area contributed by atoms with Gasteiger partial charge in [-0.15, -0.1) is 0 Å². The monoisotopic (exact) mass is 171 g/mol. The first kappa shape index (κ1) is 9.52. The van der Waals surface area contributed by atoms with Crippen molar-refractivity contribution in [2.75, 3.05) is 0 Å². The Labute approximate surface area is 73.2 Å². The highest BCUT2D eigenvalue weighted by atomic mass is 16.4. The fraction of sp³-hybridized carbons (Fsp3) is 0.889. The predicted octanol–water partition coefficient (Wildman–Crippen LogP) is 1.24. The third-order valence-corrected chi connectivity index (χ3v) is 2.12. The molecular formula is C9H17NO2. The highest BCUT2D eigenvalue weighted by molar-refractivity contribution is 5.71. The molecule has 70 valence electrons. The van der Waals surface area contributed by atoms with Gasteiger partial charge in [0.25, 0.3) is 0 Å². The maximum Gasteiger partial charge on any atom is 0.306 e. The number of hydrogen-bond acceptors (Lipinski definition) is 2. The zero-order chi connectivity index (χ0) is 9.35. The number of hydrogen-bond donors (Lipinski definition) is 2. The topological polar surface area (TPSA) is 49.3 Å². The summed E-state index contributed by atoms with van der Waals surface area (Å²) < 4.78 is 0. The van der Waals surface area contributed by atoms with Crippen LogP contribution in [-0.2, 0) is 4.79 Å². The van der Waals surface area contributed by atoms with Gasteiger partial charge in [0.15, 0.2) is 0 Å². The molecule has 0 saturated heterocycles. The van der Waals surface area contributed by atoms with Crippen LogP contribution in [0.25, 0.3) is 0 Å². The molecule has 2 N–H and O–H groups in total. The van der Waals surface area contributed by atoms with Crippen LogP contribution in [0, 0.1) is 5.92 Å². The van der Waals surface area contributed by atoms with E-state index in [-0.39, 0.29) is 11.5 Å². The van der Waals surface area contributed by atoms with E-state index in [9.17, 15) is 4.79 Å². The molecule has 1 aliphatic rings. The third kappa shape index (κ3) is 2.48. The van der Waals surface area contributed by atoms with Gasteiger partial charge in [-0.2, -0.15) is 0 Å². The predicted molar refractivity (Wildman–Crippen MR) is 47.0 cm³/mol. The number of rotatable bonds is 2. The Hall–Kier alpha value is -0.570. The zero-order valence-electron chi connectivity index (χ0n) is 7.92. The normalized spacial score (nSPS) is 29.6. The van der Waals surface area contributed by atoms with Crippen molar-refractivity contribution in [3.05, 3.63) is 0 Å². The van der Waals surface area contributed by atoms with Gasteiger partial charge in [0.1, 0.15) is 0 Å². The highest BCUT2D eigenvalue weighted by Crippen LogP contribution is 2.28. The van der Waals surface area contributed by atoms with Gasteiger partial charge in [-0.05, 0) is 33.6 Å². The SMILES string of the molecule is CC(C)(C)NC1CC(C(=O)O)C1. The van der Waals surface area contributed by atoms with Crippen LogP contribution in [0.5, 0.6) is 0 Å². The summed E-state index contributed by atoms with van der Waals surface area (Å²) in [5, 5.41) is 12.0. The summed E-state index contributed by atoms with van der Waals surface area (Å²) in [6.07, 6.45) is 1.57. The second-order valence-electron chi connectivity index (χ2n) is 4.60. The van der Waals surface area contributed by atoms with Crippen LogP contribution in [0.4, 0.5) is 0 Å². The van der Waals surface area contributed by atoms with Gasteiger partial charge in [0, 0.05) is 11.6 Å². The van der Waals surface area contributed by atoms with Gasteiger partial charge in [0.2, 0.25) is 0 Å². The Morgan fingerprint density at radius 1 is 1.42 bits per heavy atom. The van der Waals surface area contributed by atoms with Crippen LogP contribution in [0.1, 0.15) is 33.6 Å². The van der Waals surface area contributed by atoms with E-state index in [1.807, 2.05) is 0 Å². The Morgan fingerprint density at radius 2 is 1.92 bits per heavy atom. The van der Waals surface area contributed by atoms with Gasteiger partial charge in [0.05, 0.1) is 5.92 Å². The molecule has 3 heteroatoms. The first-order chi connectivity index (χ1) is 5.38. The Balaban J connectivity index is 2.22. The molecule has 0 aromatic rings. The molecule has 1 fully saturated rings. The molecule has 0 aliphatic heterocycles. The smallest absolute Gasteiger partial charge is 0.306 e. The number of nitrogens with one attached hydrogen (secondary N) is 1. The molecule has 0 unspecified atom stereocenters. The quantitative estimate of drug-likeness (QED) is 0.657. The Morgan fingerprint density at radius 3 is 2.25 bits per heavy atom. The van der Waals surface area contributed by atoms with Crippen molar-refractivity contribution in [2.45, 2.75) is 45.2 Å². The minimum absolute atomic E-state index is 0.105. The molecule has 0 aromatic carbocycles. The van der Waals surface area contributed by atoms with Crippen molar-refractivity contribution in [1.29, 1.82) is 0 Å². The number of carboxylic acids is 1. The average molecular weight is 171 g/mol. The van der Waals surface area contributed by atoms with Crippen molar-refractivity contribution >= 4 is 5.97 Å². The van der Waals surface area contributed by atoms with E-state index in [0.29, 0.717) is 6.04 Å². The molecule has 0 bridgehead atoms. The first-order valence-corrected chi connectivity index (χ1v) is 4.39. The molecule has 1 aliphatic carbocycles. The summed E-state index contributed by atoms with van der Waals surface area (Å²) in [6.45, 7) is 6.29. The lowest BCUT2D eigenvalue weighted by Gasteiger charge is -2.38. The van der Waals surface area contributed by atoms with Crippen molar-refractivity contribution in [3.8, 4) is 0 Å². The van der Waals surface area contributed by atoms with Crippen LogP contribution in [0.15, 0.2) is 0 Å².